The molecule has 1 heterocycles. The molecule has 0 fully saturated rings. The Bertz CT molecular complexity index is 357. The van der Waals surface area contributed by atoms with Crippen molar-refractivity contribution in [2.24, 2.45) is 0 Å². The Hall–Kier alpha value is -1.85. The van der Waals surface area contributed by atoms with Gasteiger partial charge in [0.05, 0.1) is 26.4 Å². The van der Waals surface area contributed by atoms with Crippen molar-refractivity contribution in [3.63, 3.8) is 0 Å². The molecule has 17 heavy (non-hydrogen) atoms. The lowest BCUT2D eigenvalue weighted by atomic mass is 10.4. The maximum Gasteiger partial charge on any atom is 0.313 e. The third kappa shape index (κ3) is 4.26. The van der Waals surface area contributed by atoms with Crippen LogP contribution in [0, 0.1) is 0 Å². The van der Waals surface area contributed by atoms with Gasteiger partial charge in [-0.2, -0.15) is 9.97 Å². The topological polar surface area (TPSA) is 70.5 Å². The highest BCUT2D eigenvalue weighted by Crippen LogP contribution is 2.16. The first-order chi connectivity index (χ1) is 8.19. The zero-order valence-corrected chi connectivity index (χ0v) is 10.2. The van der Waals surface area contributed by atoms with Gasteiger partial charge < -0.3 is 14.2 Å². The number of ether oxygens (including phenoxy) is 3. The lowest BCUT2D eigenvalue weighted by molar-refractivity contribution is -0.139. The Balaban J connectivity index is 2.90. The lowest BCUT2D eigenvalue weighted by Crippen LogP contribution is -2.10. The molecule has 0 aliphatic heterocycles. The van der Waals surface area contributed by atoms with E-state index in [4.69, 9.17) is 9.47 Å². The molecule has 0 N–H and O–H groups in total. The highest BCUT2D eigenvalue weighted by molar-refractivity contribution is 5.71. The van der Waals surface area contributed by atoms with Crippen molar-refractivity contribution in [3.05, 3.63) is 11.9 Å². The van der Waals surface area contributed by atoms with Crippen molar-refractivity contribution >= 4 is 5.97 Å². The number of aromatic nitrogens is 2. The number of hydrogen-bond acceptors (Lipinski definition) is 6. The average molecular weight is 240 g/mol. The number of carbonyl (C=O) groups excluding carboxylic acids is 1. The first-order valence-electron chi connectivity index (χ1n) is 5.40. The van der Waals surface area contributed by atoms with E-state index in [1.165, 1.54) is 7.11 Å². The fourth-order valence-corrected chi connectivity index (χ4v) is 1.17. The van der Waals surface area contributed by atoms with Crippen LogP contribution in [0.3, 0.4) is 0 Å². The molecule has 0 atom stereocenters. The SMILES string of the molecule is CCOc1cc(OCC)nc(CC(=O)OC)n1. The van der Waals surface area contributed by atoms with Gasteiger partial charge in [0.25, 0.3) is 0 Å². The van der Waals surface area contributed by atoms with Crippen LogP contribution in [-0.2, 0) is 16.0 Å². The van der Waals surface area contributed by atoms with Crippen LogP contribution in [-0.4, -0.2) is 36.3 Å². The zero-order chi connectivity index (χ0) is 12.7. The van der Waals surface area contributed by atoms with Gasteiger partial charge >= 0.3 is 5.97 Å². The van der Waals surface area contributed by atoms with Crippen LogP contribution in [0.4, 0.5) is 0 Å². The predicted octanol–water partition coefficient (Wildman–Crippen LogP) is 0.989. The molecular weight excluding hydrogens is 224 g/mol. The minimum atomic E-state index is -0.402. The maximum atomic E-state index is 11.1. The Morgan fingerprint density at radius 1 is 1.18 bits per heavy atom. The van der Waals surface area contributed by atoms with Gasteiger partial charge in [-0.1, -0.05) is 0 Å². The minimum Gasteiger partial charge on any atom is -0.478 e. The van der Waals surface area contributed by atoms with Crippen molar-refractivity contribution in [1.29, 1.82) is 0 Å². The first-order valence-corrected chi connectivity index (χ1v) is 5.40. The van der Waals surface area contributed by atoms with Crippen molar-refractivity contribution in [2.45, 2.75) is 20.3 Å². The van der Waals surface area contributed by atoms with Gasteiger partial charge in [0.2, 0.25) is 11.8 Å². The second-order valence-electron chi connectivity index (χ2n) is 3.08. The van der Waals surface area contributed by atoms with Crippen molar-refractivity contribution in [3.8, 4) is 11.8 Å². The molecule has 1 rings (SSSR count). The second kappa shape index (κ2) is 6.67. The quantitative estimate of drug-likeness (QED) is 0.690. The molecule has 0 amide bonds. The highest BCUT2D eigenvalue weighted by atomic mass is 16.5. The summed E-state index contributed by atoms with van der Waals surface area (Å²) in [5.41, 5.74) is 0. The van der Waals surface area contributed by atoms with Gasteiger partial charge in [0.1, 0.15) is 12.2 Å². The molecule has 1 aromatic heterocycles. The molecule has 1 aromatic rings. The third-order valence-corrected chi connectivity index (χ3v) is 1.84. The Morgan fingerprint density at radius 2 is 1.71 bits per heavy atom. The summed E-state index contributed by atoms with van der Waals surface area (Å²) >= 11 is 0. The molecule has 0 unspecified atom stereocenters. The van der Waals surface area contributed by atoms with Crippen molar-refractivity contribution in [1.82, 2.24) is 9.97 Å². The van der Waals surface area contributed by atoms with Crippen LogP contribution < -0.4 is 9.47 Å². The first kappa shape index (κ1) is 13.2. The molecule has 0 radical (unpaired) electrons. The molecule has 0 aromatic carbocycles. The molecule has 0 saturated carbocycles. The molecule has 6 heteroatoms. The number of nitrogens with zero attached hydrogens (tertiary/aromatic N) is 2. The Morgan fingerprint density at radius 3 is 2.12 bits per heavy atom. The number of carbonyl (C=O) groups is 1. The van der Waals surface area contributed by atoms with Gasteiger partial charge in [0, 0.05) is 0 Å². The highest BCUT2D eigenvalue weighted by Gasteiger charge is 2.10. The van der Waals surface area contributed by atoms with Crippen LogP contribution in [0.1, 0.15) is 19.7 Å². The second-order valence-corrected chi connectivity index (χ2v) is 3.08. The molecule has 94 valence electrons. The van der Waals surface area contributed by atoms with E-state index in [0.29, 0.717) is 30.8 Å². The van der Waals surface area contributed by atoms with Crippen LogP contribution in [0.15, 0.2) is 6.07 Å². The summed E-state index contributed by atoms with van der Waals surface area (Å²) in [5, 5.41) is 0. The standard InChI is InChI=1S/C11H16N2O4/c1-4-16-9-7-10(17-5-2)13-8(12-9)6-11(14)15-3/h7H,4-6H2,1-3H3. The van der Waals surface area contributed by atoms with E-state index in [-0.39, 0.29) is 6.42 Å². The van der Waals surface area contributed by atoms with Gasteiger partial charge in [0.15, 0.2) is 0 Å². The van der Waals surface area contributed by atoms with Crippen LogP contribution in [0.5, 0.6) is 11.8 Å². The molecule has 6 nitrogen and oxygen atoms in total. The third-order valence-electron chi connectivity index (χ3n) is 1.84. The van der Waals surface area contributed by atoms with E-state index >= 15 is 0 Å². The number of esters is 1. The van der Waals surface area contributed by atoms with E-state index in [1.54, 1.807) is 6.07 Å². The zero-order valence-electron chi connectivity index (χ0n) is 10.2. The summed E-state index contributed by atoms with van der Waals surface area (Å²) < 4.78 is 15.1. The van der Waals surface area contributed by atoms with Gasteiger partial charge in [-0.25, -0.2) is 0 Å². The smallest absolute Gasteiger partial charge is 0.313 e. The fourth-order valence-electron chi connectivity index (χ4n) is 1.17. The largest absolute Gasteiger partial charge is 0.478 e. The lowest BCUT2D eigenvalue weighted by Gasteiger charge is -2.07. The molecular formula is C11H16N2O4. The van der Waals surface area contributed by atoms with Crippen LogP contribution >= 0.6 is 0 Å². The molecule has 0 aliphatic rings. The van der Waals surface area contributed by atoms with Crippen LogP contribution in [0.25, 0.3) is 0 Å². The summed E-state index contributed by atoms with van der Waals surface area (Å²) in [6, 6.07) is 1.59. The van der Waals surface area contributed by atoms with E-state index in [1.807, 2.05) is 13.8 Å². The maximum absolute atomic E-state index is 11.1. The summed E-state index contributed by atoms with van der Waals surface area (Å²) in [4.78, 5) is 19.3. The van der Waals surface area contributed by atoms with Gasteiger partial charge in [-0.05, 0) is 13.8 Å². The van der Waals surface area contributed by atoms with E-state index in [9.17, 15) is 4.79 Å². The molecule has 0 bridgehead atoms. The fraction of sp³-hybridized carbons (Fsp3) is 0.545. The Kier molecular flexibility index (Phi) is 5.19. The van der Waals surface area contributed by atoms with E-state index in [2.05, 4.69) is 14.7 Å². The summed E-state index contributed by atoms with van der Waals surface area (Å²) in [5.74, 6) is 0.710. The van der Waals surface area contributed by atoms with E-state index < -0.39 is 5.97 Å². The summed E-state index contributed by atoms with van der Waals surface area (Å²) in [6.07, 6.45) is -0.00249. The summed E-state index contributed by atoms with van der Waals surface area (Å²) in [6.45, 7) is 4.67. The van der Waals surface area contributed by atoms with Gasteiger partial charge in [-0.3, -0.25) is 4.79 Å². The van der Waals surface area contributed by atoms with Crippen LogP contribution in [0.2, 0.25) is 0 Å². The number of hydrogen-bond donors (Lipinski definition) is 0. The number of rotatable bonds is 6. The molecule has 0 saturated heterocycles. The normalized spacial score (nSPS) is 9.82. The van der Waals surface area contributed by atoms with Crippen molar-refractivity contribution in [2.75, 3.05) is 20.3 Å². The predicted molar refractivity (Wildman–Crippen MR) is 60.1 cm³/mol. The molecule has 0 spiro atoms. The number of methoxy groups -OCH3 is 1. The van der Waals surface area contributed by atoms with Gasteiger partial charge in [-0.15, -0.1) is 0 Å². The molecule has 0 aliphatic carbocycles. The van der Waals surface area contributed by atoms with Crippen molar-refractivity contribution < 1.29 is 19.0 Å². The van der Waals surface area contributed by atoms with E-state index in [0.717, 1.165) is 0 Å². The Labute approximate surface area is 99.9 Å². The summed E-state index contributed by atoms with van der Waals surface area (Å²) in [7, 11) is 1.32. The average Bonchev–Trinajstić information content (AvgIpc) is 2.29. The monoisotopic (exact) mass is 240 g/mol. The minimum absolute atomic E-state index is 0.00249.